The van der Waals surface area contributed by atoms with Gasteiger partial charge in [-0.05, 0) is 58.9 Å². The zero-order valence-corrected chi connectivity index (χ0v) is 16.7. The first kappa shape index (κ1) is 17.8. The molecule has 0 bridgehead atoms. The molecule has 1 aromatic heterocycles. The van der Waals surface area contributed by atoms with E-state index in [9.17, 15) is 4.79 Å². The van der Waals surface area contributed by atoms with E-state index in [4.69, 9.17) is 9.31 Å². The van der Waals surface area contributed by atoms with Gasteiger partial charge in [-0.2, -0.15) is 0 Å². The minimum atomic E-state index is -0.487. The minimum Gasteiger partial charge on any atom is -0.399 e. The smallest absolute Gasteiger partial charge is 0.399 e. The molecule has 0 amide bonds. The zero-order valence-electron chi connectivity index (χ0n) is 14.3. The molecule has 1 saturated heterocycles. The lowest BCUT2D eigenvalue weighted by Crippen LogP contribution is -2.41. The van der Waals surface area contributed by atoms with Gasteiger partial charge < -0.3 is 9.31 Å². The lowest BCUT2D eigenvalue weighted by molar-refractivity contribution is 0.00578. The number of benzene rings is 1. The third-order valence-electron chi connectivity index (χ3n) is 4.60. The second-order valence-electron chi connectivity index (χ2n) is 6.89. The number of carbonyl (C=O) groups is 1. The van der Waals surface area contributed by atoms with Gasteiger partial charge in [-0.15, -0.1) is 11.3 Å². The van der Waals surface area contributed by atoms with Gasteiger partial charge in [0.05, 0.1) is 16.0 Å². The quantitative estimate of drug-likeness (QED) is 0.574. The van der Waals surface area contributed by atoms with Crippen LogP contribution < -0.4 is 4.78 Å². The molecule has 0 aliphatic carbocycles. The highest BCUT2D eigenvalue weighted by molar-refractivity contribution is 9.10. The molecule has 0 unspecified atom stereocenters. The number of carbonyl (C=O) groups excluding carboxylic acids is 1. The van der Waals surface area contributed by atoms with Crippen molar-refractivity contribution in [2.24, 2.45) is 0 Å². The molecule has 3 rings (SSSR count). The number of aromatic nitrogens is 1. The number of ketones is 1. The molecule has 1 aliphatic rings. The number of rotatable bonds is 3. The largest absolute Gasteiger partial charge is 0.507 e. The van der Waals surface area contributed by atoms with Crippen molar-refractivity contribution in [2.75, 3.05) is 0 Å². The fraction of sp³-hybridized carbons (Fsp3) is 0.412. The van der Waals surface area contributed by atoms with E-state index in [1.165, 1.54) is 11.3 Å². The van der Waals surface area contributed by atoms with Crippen LogP contribution in [-0.2, 0) is 9.31 Å². The highest BCUT2D eigenvalue weighted by Gasteiger charge is 2.53. The van der Waals surface area contributed by atoms with Crippen LogP contribution in [0.25, 0.3) is 0 Å². The van der Waals surface area contributed by atoms with E-state index in [0.29, 0.717) is 10.6 Å². The maximum atomic E-state index is 12.6. The highest BCUT2D eigenvalue weighted by Crippen LogP contribution is 2.37. The van der Waals surface area contributed by atoms with Crippen molar-refractivity contribution in [1.29, 1.82) is 0 Å². The summed E-state index contributed by atoms with van der Waals surface area (Å²) in [5.41, 5.74) is 0.569. The average Bonchev–Trinajstić information content (AvgIpc) is 2.97. The third kappa shape index (κ3) is 3.10. The molecule has 0 spiro atoms. The standard InChI is InChI=1S/C17H19BBrNO3S/c1-10-14(18-22-16(2,3)17(4,5)23-18)24-15(20-10)13(21)11-6-8-12(19)9-7-11/h6-9H,1-5H3. The number of hydrogen-bond donors (Lipinski definition) is 0. The fourth-order valence-electron chi connectivity index (χ4n) is 2.40. The lowest BCUT2D eigenvalue weighted by Gasteiger charge is -2.32. The van der Waals surface area contributed by atoms with Crippen molar-refractivity contribution in [3.63, 3.8) is 0 Å². The second kappa shape index (κ2) is 6.06. The molecule has 0 saturated carbocycles. The Balaban J connectivity index is 1.89. The van der Waals surface area contributed by atoms with Crippen molar-refractivity contribution < 1.29 is 14.1 Å². The Bertz CT molecular complexity index is 770. The van der Waals surface area contributed by atoms with Gasteiger partial charge in [0.25, 0.3) is 0 Å². The average molecular weight is 408 g/mol. The molecule has 1 aliphatic heterocycles. The van der Waals surface area contributed by atoms with Gasteiger partial charge >= 0.3 is 7.12 Å². The Kier molecular flexibility index (Phi) is 4.49. The van der Waals surface area contributed by atoms with Gasteiger partial charge in [-0.25, -0.2) is 4.98 Å². The van der Waals surface area contributed by atoms with E-state index < -0.39 is 18.3 Å². The molecule has 1 aromatic carbocycles. The van der Waals surface area contributed by atoms with Crippen LogP contribution in [0.5, 0.6) is 0 Å². The summed E-state index contributed by atoms with van der Waals surface area (Å²) >= 11 is 4.72. The fourth-order valence-corrected chi connectivity index (χ4v) is 3.65. The summed E-state index contributed by atoms with van der Waals surface area (Å²) in [7, 11) is -0.487. The van der Waals surface area contributed by atoms with Crippen molar-refractivity contribution in [2.45, 2.75) is 45.8 Å². The van der Waals surface area contributed by atoms with E-state index in [0.717, 1.165) is 14.9 Å². The molecule has 0 N–H and O–H groups in total. The minimum absolute atomic E-state index is 0.0848. The Hall–Kier alpha value is -1.02. The molecule has 1 fully saturated rings. The van der Waals surface area contributed by atoms with E-state index in [2.05, 4.69) is 20.9 Å². The van der Waals surface area contributed by atoms with Crippen molar-refractivity contribution in [3.8, 4) is 0 Å². The lowest BCUT2D eigenvalue weighted by atomic mass is 9.86. The van der Waals surface area contributed by atoms with E-state index in [1.807, 2.05) is 46.8 Å². The number of halogens is 1. The molecule has 0 atom stereocenters. The first-order valence-corrected chi connectivity index (χ1v) is 9.35. The molecule has 24 heavy (non-hydrogen) atoms. The van der Waals surface area contributed by atoms with Crippen LogP contribution in [-0.4, -0.2) is 29.1 Å². The Morgan fingerprint density at radius 2 is 1.67 bits per heavy atom. The van der Waals surface area contributed by atoms with Crippen LogP contribution in [0.2, 0.25) is 0 Å². The van der Waals surface area contributed by atoms with E-state index in [1.54, 1.807) is 12.1 Å². The molecule has 126 valence electrons. The van der Waals surface area contributed by atoms with Crippen molar-refractivity contribution in [1.82, 2.24) is 4.98 Å². The summed E-state index contributed by atoms with van der Waals surface area (Å²) in [6.07, 6.45) is 0. The SMILES string of the molecule is Cc1nc(C(=O)c2ccc(Br)cc2)sc1B1OC(C)(C)C(C)(C)O1. The predicted molar refractivity (Wildman–Crippen MR) is 100 cm³/mol. The van der Waals surface area contributed by atoms with Crippen molar-refractivity contribution in [3.05, 3.63) is 45.0 Å². The van der Waals surface area contributed by atoms with Crippen molar-refractivity contribution >= 4 is 44.9 Å². The first-order chi connectivity index (χ1) is 11.1. The summed E-state index contributed by atoms with van der Waals surface area (Å²) in [5.74, 6) is -0.0848. The Morgan fingerprint density at radius 3 is 2.21 bits per heavy atom. The van der Waals surface area contributed by atoms with Gasteiger partial charge in [0.2, 0.25) is 5.78 Å². The van der Waals surface area contributed by atoms with E-state index >= 15 is 0 Å². The topological polar surface area (TPSA) is 48.4 Å². The molecule has 4 nitrogen and oxygen atoms in total. The van der Waals surface area contributed by atoms with Crippen LogP contribution >= 0.6 is 27.3 Å². The summed E-state index contributed by atoms with van der Waals surface area (Å²) in [5, 5.41) is 0.458. The molecule has 0 radical (unpaired) electrons. The van der Waals surface area contributed by atoms with Crippen LogP contribution in [0.3, 0.4) is 0 Å². The van der Waals surface area contributed by atoms with Gasteiger partial charge in [0.15, 0.2) is 5.01 Å². The number of aryl methyl sites for hydroxylation is 1. The van der Waals surface area contributed by atoms with Gasteiger partial charge in [0, 0.05) is 15.7 Å². The summed E-state index contributed by atoms with van der Waals surface area (Å²) < 4.78 is 13.9. The van der Waals surface area contributed by atoms with E-state index in [-0.39, 0.29) is 5.78 Å². The summed E-state index contributed by atoms with van der Waals surface area (Å²) in [6.45, 7) is 9.93. The van der Waals surface area contributed by atoms with Crippen LogP contribution in [0.4, 0.5) is 0 Å². The van der Waals surface area contributed by atoms with Gasteiger partial charge in [-0.3, -0.25) is 4.79 Å². The molecule has 2 heterocycles. The summed E-state index contributed by atoms with van der Waals surface area (Å²) in [4.78, 5) is 17.1. The first-order valence-electron chi connectivity index (χ1n) is 7.74. The van der Waals surface area contributed by atoms with Crippen LogP contribution in [0.15, 0.2) is 28.7 Å². The van der Waals surface area contributed by atoms with Gasteiger partial charge in [0.1, 0.15) is 0 Å². The summed E-state index contributed by atoms with van der Waals surface area (Å²) in [6, 6.07) is 7.28. The molecular formula is C17H19BBrNO3S. The van der Waals surface area contributed by atoms with Crippen LogP contribution in [0.1, 0.15) is 48.8 Å². The molecule has 7 heteroatoms. The monoisotopic (exact) mass is 407 g/mol. The highest BCUT2D eigenvalue weighted by atomic mass is 79.9. The second-order valence-corrected chi connectivity index (χ2v) is 8.84. The maximum absolute atomic E-state index is 12.6. The van der Waals surface area contributed by atoms with Gasteiger partial charge in [-0.1, -0.05) is 15.9 Å². The Labute approximate surface area is 154 Å². The predicted octanol–water partition coefficient (Wildman–Crippen LogP) is 3.74. The maximum Gasteiger partial charge on any atom is 0.507 e. The third-order valence-corrected chi connectivity index (χ3v) is 6.31. The number of thiazole rings is 1. The number of hydrogen-bond acceptors (Lipinski definition) is 5. The zero-order chi connectivity index (χ0) is 17.7. The number of nitrogens with zero attached hydrogens (tertiary/aromatic N) is 1. The Morgan fingerprint density at radius 1 is 1.12 bits per heavy atom. The molecule has 2 aromatic rings. The van der Waals surface area contributed by atoms with Crippen LogP contribution in [0, 0.1) is 6.92 Å². The normalized spacial score (nSPS) is 18.8. The molecular weight excluding hydrogens is 389 g/mol.